The van der Waals surface area contributed by atoms with Crippen LogP contribution in [0.5, 0.6) is 0 Å². The number of aromatic carboxylic acids is 3. The Balaban J connectivity index is 0.000000148. The van der Waals surface area contributed by atoms with E-state index in [9.17, 15) is 29.7 Å². The molecule has 0 radical (unpaired) electrons. The van der Waals surface area contributed by atoms with E-state index in [2.05, 4.69) is 309 Å². The van der Waals surface area contributed by atoms with E-state index in [1.54, 1.807) is 18.2 Å². The average Bonchev–Trinajstić information content (AvgIpc) is 1.58. The average molecular weight is 2390 g/mol. The second-order valence-corrected chi connectivity index (χ2v) is 61.4. The Morgan fingerprint density at radius 1 is 0.301 bits per heavy atom. The predicted octanol–water partition coefficient (Wildman–Crippen LogP) is 30.7. The Hall–Kier alpha value is -9.88. The first-order valence-electron chi connectivity index (χ1n) is 47.3. The molecule has 143 heavy (non-hydrogen) atoms. The molecule has 0 saturated carbocycles. The standard InChI is InChI=1S/3C39H36N4O2.4ClH.2K.2Pt/c3*1-38(2,3)23-18-19-31-27(20-23)28-21-24(39(4,5)6)22-29(34(28)41-31)36-42-35-26(30-15-11-16-32(40-30)37(44)45)14-10-17-33(35)43(36)25-12-8-7-9-13-25;;;;;;;;/h7-22H,1-6H3,(H2,40,41,42,44,45);2*7-22,41H,1-6H3,(H,44,45);4*1H;;;;/q;;;;;;;;;;+4/p-5. The summed E-state index contributed by atoms with van der Waals surface area (Å²) in [6, 6.07) is 97.7. The maximum absolute atomic E-state index is 11.8. The molecule has 0 saturated heterocycles. The third kappa shape index (κ3) is 22.2. The van der Waals surface area contributed by atoms with Crippen molar-refractivity contribution in [1.82, 2.24) is 58.6 Å². The number of nitrogens with one attached hydrogen (secondary N) is 2. The van der Waals surface area contributed by atoms with E-state index in [1.807, 2.05) is 109 Å². The molecule has 0 unspecified atom stereocenters. The van der Waals surface area contributed by atoms with Gasteiger partial charge in [0.05, 0.1) is 61.2 Å². The molecule has 21 rings (SSSR count). The van der Waals surface area contributed by atoms with E-state index in [0.29, 0.717) is 17.1 Å². The number of imidazole rings is 3. The molecular weight excluding hydrogens is 2280 g/mol. The number of carboxylic acids is 3. The van der Waals surface area contributed by atoms with Crippen LogP contribution in [-0.4, -0.2) is 150 Å². The van der Waals surface area contributed by atoms with Crippen molar-refractivity contribution < 1.29 is 62.7 Å². The number of carboxylic acid groups (broad SMARTS) is 3. The maximum Gasteiger partial charge on any atom is 0 e. The summed E-state index contributed by atoms with van der Waals surface area (Å²) in [5.41, 5.74) is 28.2. The summed E-state index contributed by atoms with van der Waals surface area (Å²) in [7, 11) is 20.0. The Morgan fingerprint density at radius 3 is 0.881 bits per heavy atom. The van der Waals surface area contributed by atoms with Crippen LogP contribution < -0.4 is 4.98 Å². The summed E-state index contributed by atoms with van der Waals surface area (Å²) in [5, 5.41) is 35.9. The van der Waals surface area contributed by atoms with Crippen molar-refractivity contribution in [2.75, 3.05) is 0 Å². The van der Waals surface area contributed by atoms with E-state index in [-0.39, 0.29) is 70.6 Å². The molecule has 0 aliphatic heterocycles. The van der Waals surface area contributed by atoms with Gasteiger partial charge in [-0.25, -0.2) is 44.3 Å². The molecule has 26 heteroatoms. The summed E-state index contributed by atoms with van der Waals surface area (Å²) < 4.78 is 6.58. The smallest absolute Gasteiger partial charge is 0 e. The van der Waals surface area contributed by atoms with Gasteiger partial charge >= 0.3 is 131 Å². The van der Waals surface area contributed by atoms with Crippen molar-refractivity contribution in [3.8, 4) is 85.0 Å². The number of para-hydroxylation sites is 6. The fraction of sp³-hybridized carbons (Fsp3) is 0.205. The van der Waals surface area contributed by atoms with E-state index >= 15 is 0 Å². The number of rotatable bonds is 12. The number of aromatic nitrogens is 12. The minimum atomic E-state index is -3.06. The first-order valence-corrected chi connectivity index (χ1v) is 74.5. The number of hydrogen-bond acceptors (Lipinski definition) is 9. The van der Waals surface area contributed by atoms with Crippen molar-refractivity contribution in [3.63, 3.8) is 0 Å². The fourth-order valence-corrected chi connectivity index (χ4v) is 18.2. The molecule has 12 aromatic carbocycles. The Kier molecular flexibility index (Phi) is 31.0. The van der Waals surface area contributed by atoms with Crippen molar-refractivity contribution in [2.24, 2.45) is 0 Å². The number of hydrogen-bond donors (Lipinski definition) is 5. The van der Waals surface area contributed by atoms with Gasteiger partial charge in [0.15, 0.2) is 0 Å². The van der Waals surface area contributed by atoms with Gasteiger partial charge in [-0.2, -0.15) is 0 Å². The molecule has 9 heterocycles. The summed E-state index contributed by atoms with van der Waals surface area (Å²) in [6.07, 6.45) is 0. The molecule has 5 N–H and O–H groups in total. The second kappa shape index (κ2) is 41.8. The maximum atomic E-state index is 11.8. The summed E-state index contributed by atoms with van der Waals surface area (Å²) in [6.45, 7) is 40.3. The summed E-state index contributed by atoms with van der Waals surface area (Å²) in [4.78, 5) is 77.6. The first-order chi connectivity index (χ1) is 67.2. The van der Waals surface area contributed by atoms with Crippen molar-refractivity contribution in [3.05, 3.63) is 342 Å². The Labute approximate surface area is 910 Å². The monoisotopic (exact) mass is 2380 g/mol. The fourth-order valence-electron chi connectivity index (χ4n) is 18.2. The molecule has 18 nitrogen and oxygen atoms in total. The molecule has 0 aliphatic rings. The van der Waals surface area contributed by atoms with Crippen molar-refractivity contribution >= 4 is 217 Å². The topological polar surface area (TPSA) is 250 Å². The van der Waals surface area contributed by atoms with Gasteiger partial charge in [-0.3, -0.25) is 13.7 Å². The number of carbonyl (C=O) groups is 3. The SMILES string of the molecule is CC(C)(C)c1ccc2[n-]c3c(-c4nc5c(-c6cccc(C(=O)O)n6)cccc5n4-c4ccccc4)cc(C(C)(C)C)cc3c2c1.CC(C)(C)c1ccc2[nH]c3c(-c4nc5c(-c6cccc(C(=O)O)n6)cccc5n4-c4ccccc4)cc(C(C)(C)C)cc3c2c1.CC(C)(C)c1ccc2[nH]c3c(-c4nc5c(-c6cccc(C(=O)O)n6)cccc5n4-c4ccccc4)cc(C(C)(C)C)cc3c2c1.[Cl][Pt]([Cl])([Cl])[Cl].[K][K].[Pt]. The van der Waals surface area contributed by atoms with E-state index in [4.69, 9.17) is 57.6 Å². The molecule has 0 amide bonds. The number of halogens is 4. The van der Waals surface area contributed by atoms with E-state index < -0.39 is 29.8 Å². The second-order valence-electron chi connectivity index (χ2n) is 41.7. The van der Waals surface area contributed by atoms with Crippen LogP contribution in [-0.2, 0) is 65.5 Å². The summed E-state index contributed by atoms with van der Waals surface area (Å²) >= 11 is -0.556. The van der Waals surface area contributed by atoms with Crippen molar-refractivity contribution in [2.45, 2.75) is 157 Å². The van der Waals surface area contributed by atoms with Crippen LogP contribution in [0.1, 0.15) is 189 Å². The van der Waals surface area contributed by atoms with Gasteiger partial charge in [0.1, 0.15) is 34.6 Å². The normalized spacial score (nSPS) is 12.3. The van der Waals surface area contributed by atoms with Gasteiger partial charge in [-0.1, -0.05) is 270 Å². The van der Waals surface area contributed by atoms with Crippen LogP contribution in [0, 0.1) is 0 Å². The quantitative estimate of drug-likeness (QED) is 0.0715. The zero-order valence-electron chi connectivity index (χ0n) is 83.4. The third-order valence-corrected chi connectivity index (χ3v) is 25.8. The minimum Gasteiger partial charge on any atom is 0 e. The van der Waals surface area contributed by atoms with E-state index in [0.717, 1.165) is 145 Å². The molecule has 9 aromatic heterocycles. The van der Waals surface area contributed by atoms with Gasteiger partial charge in [-0.15, -0.1) is 11.0 Å². The van der Waals surface area contributed by atoms with Gasteiger partial charge in [0.2, 0.25) is 0 Å². The number of benzene rings is 12. The number of fused-ring (bicyclic) bond motifs is 12. The Morgan fingerprint density at radius 2 is 0.573 bits per heavy atom. The molecular formula is C117H107Cl4K2N12O6Pt2-. The van der Waals surface area contributed by atoms with Gasteiger partial charge < -0.3 is 30.3 Å². The van der Waals surface area contributed by atoms with E-state index in [1.165, 1.54) is 136 Å². The van der Waals surface area contributed by atoms with Crippen LogP contribution in [0.4, 0.5) is 0 Å². The summed E-state index contributed by atoms with van der Waals surface area (Å²) in [5.74, 6) is -0.810. The molecule has 21 aromatic rings. The van der Waals surface area contributed by atoms with Gasteiger partial charge in [0.25, 0.3) is 0 Å². The van der Waals surface area contributed by atoms with Crippen LogP contribution >= 0.6 is 37.7 Å². The molecule has 722 valence electrons. The van der Waals surface area contributed by atoms with Gasteiger partial charge in [0, 0.05) is 104 Å². The third-order valence-electron chi connectivity index (χ3n) is 25.8. The van der Waals surface area contributed by atoms with Gasteiger partial charge in [-0.05, 0) is 222 Å². The first kappa shape index (κ1) is 106. The number of aromatic amines is 2. The van der Waals surface area contributed by atoms with Crippen LogP contribution in [0.2, 0.25) is 0 Å². The Bertz CT molecular complexity index is 7720. The molecule has 0 aliphatic carbocycles. The minimum absolute atomic E-state index is 0. The molecule has 0 bridgehead atoms. The van der Waals surface area contributed by atoms with Crippen molar-refractivity contribution in [1.29, 1.82) is 0 Å². The zero-order valence-corrected chi connectivity index (χ0v) is 97.2. The van der Waals surface area contributed by atoms with Crippen LogP contribution in [0.3, 0.4) is 0 Å². The van der Waals surface area contributed by atoms with Crippen LogP contribution in [0.15, 0.2) is 291 Å². The predicted molar refractivity (Wildman–Crippen MR) is 584 cm³/mol. The number of pyridine rings is 3. The number of H-pyrrole nitrogens is 2. The largest absolute Gasteiger partial charge is 0 e. The zero-order chi connectivity index (χ0) is 102. The van der Waals surface area contributed by atoms with Crippen LogP contribution in [0.25, 0.3) is 184 Å². The molecule has 0 fully saturated rings. The number of nitrogens with zero attached hydrogens (tertiary/aromatic N) is 10. The molecule has 0 atom stereocenters. The molecule has 0 spiro atoms.